The molecule has 1 aromatic rings. The van der Waals surface area contributed by atoms with E-state index in [0.717, 1.165) is 25.3 Å². The van der Waals surface area contributed by atoms with Crippen molar-refractivity contribution >= 4 is 10.8 Å². The Morgan fingerprint density at radius 3 is 2.57 bits per heavy atom. The van der Waals surface area contributed by atoms with Crippen LogP contribution in [0.2, 0.25) is 0 Å². The second-order valence-electron chi connectivity index (χ2n) is 6.59. The van der Waals surface area contributed by atoms with Crippen LogP contribution in [0.15, 0.2) is 30.3 Å². The van der Waals surface area contributed by atoms with Crippen LogP contribution in [0.1, 0.15) is 45.6 Å². The van der Waals surface area contributed by atoms with Crippen molar-refractivity contribution in [2.45, 2.75) is 57.1 Å². The fraction of sp³-hybridized carbons (Fsp3) is 0.667. The maximum Gasteiger partial charge on any atom is 0.0530 e. The smallest absolute Gasteiger partial charge is 0.0530 e. The molecule has 1 aliphatic carbocycles. The van der Waals surface area contributed by atoms with Crippen LogP contribution in [-0.2, 0) is 16.6 Å². The lowest BCUT2D eigenvalue weighted by Gasteiger charge is -2.39. The first kappa shape index (κ1) is 16.7. The molecular weight excluding hydrogens is 278 g/mol. The molecule has 2 rings (SSSR count). The molecule has 21 heavy (non-hydrogen) atoms. The van der Waals surface area contributed by atoms with Crippen LogP contribution in [0.3, 0.4) is 0 Å². The first-order chi connectivity index (χ1) is 10.1. The third kappa shape index (κ3) is 4.65. The van der Waals surface area contributed by atoms with E-state index >= 15 is 0 Å². The van der Waals surface area contributed by atoms with Gasteiger partial charge in [0.25, 0.3) is 0 Å². The van der Waals surface area contributed by atoms with Gasteiger partial charge in [0.2, 0.25) is 0 Å². The predicted molar refractivity (Wildman–Crippen MR) is 91.7 cm³/mol. The SMILES string of the molecule is CCCNC1CC(C)CC(C)C1S(=O)Cc1ccccc1. The van der Waals surface area contributed by atoms with Crippen LogP contribution in [0.5, 0.6) is 0 Å². The maximum absolute atomic E-state index is 12.9. The lowest BCUT2D eigenvalue weighted by Crippen LogP contribution is -2.50. The Bertz CT molecular complexity index is 448. The van der Waals surface area contributed by atoms with Crippen molar-refractivity contribution in [2.75, 3.05) is 6.54 Å². The zero-order chi connectivity index (χ0) is 15.2. The summed E-state index contributed by atoms with van der Waals surface area (Å²) in [5.41, 5.74) is 1.19. The summed E-state index contributed by atoms with van der Waals surface area (Å²) in [5, 5.41) is 3.94. The molecule has 0 aliphatic heterocycles. The monoisotopic (exact) mass is 307 g/mol. The van der Waals surface area contributed by atoms with Gasteiger partial charge in [-0.05, 0) is 43.2 Å². The predicted octanol–water partition coefficient (Wildman–Crippen LogP) is 3.74. The normalized spacial score (nSPS) is 31.0. The van der Waals surface area contributed by atoms with Gasteiger partial charge in [0.05, 0.1) is 5.25 Å². The Morgan fingerprint density at radius 1 is 1.19 bits per heavy atom. The van der Waals surface area contributed by atoms with Crippen molar-refractivity contribution in [1.29, 1.82) is 0 Å². The molecule has 5 atom stereocenters. The number of hydrogen-bond donors (Lipinski definition) is 1. The molecule has 0 amide bonds. The van der Waals surface area contributed by atoms with E-state index in [-0.39, 0.29) is 5.25 Å². The van der Waals surface area contributed by atoms with Gasteiger partial charge in [-0.3, -0.25) is 4.21 Å². The quantitative estimate of drug-likeness (QED) is 0.867. The summed E-state index contributed by atoms with van der Waals surface area (Å²) in [4.78, 5) is 0. The zero-order valence-electron chi connectivity index (χ0n) is 13.5. The highest BCUT2D eigenvalue weighted by molar-refractivity contribution is 7.84. The van der Waals surface area contributed by atoms with E-state index in [1.807, 2.05) is 18.2 Å². The maximum atomic E-state index is 12.9. The van der Waals surface area contributed by atoms with Crippen LogP contribution in [0.25, 0.3) is 0 Å². The number of rotatable bonds is 6. The van der Waals surface area contributed by atoms with Crippen molar-refractivity contribution in [1.82, 2.24) is 5.32 Å². The highest BCUT2D eigenvalue weighted by Gasteiger charge is 2.37. The molecule has 3 heteroatoms. The molecule has 5 unspecified atom stereocenters. The van der Waals surface area contributed by atoms with Crippen LogP contribution >= 0.6 is 0 Å². The highest BCUT2D eigenvalue weighted by atomic mass is 32.2. The van der Waals surface area contributed by atoms with Crippen molar-refractivity contribution in [3.8, 4) is 0 Å². The molecule has 0 heterocycles. The highest BCUT2D eigenvalue weighted by Crippen LogP contribution is 2.33. The Hall–Kier alpha value is -0.670. The minimum Gasteiger partial charge on any atom is -0.313 e. The van der Waals surface area contributed by atoms with E-state index in [0.29, 0.717) is 17.7 Å². The number of hydrogen-bond acceptors (Lipinski definition) is 2. The van der Waals surface area contributed by atoms with Gasteiger partial charge in [-0.25, -0.2) is 0 Å². The Kier molecular flexibility index (Phi) is 6.43. The number of benzene rings is 1. The van der Waals surface area contributed by atoms with Gasteiger partial charge < -0.3 is 5.32 Å². The molecule has 0 aromatic heterocycles. The van der Waals surface area contributed by atoms with Crippen LogP contribution in [0, 0.1) is 11.8 Å². The second kappa shape index (κ2) is 8.09. The van der Waals surface area contributed by atoms with Gasteiger partial charge in [-0.1, -0.05) is 51.1 Å². The third-order valence-corrected chi connectivity index (χ3v) is 6.52. The van der Waals surface area contributed by atoms with Gasteiger partial charge in [-0.2, -0.15) is 0 Å². The molecule has 2 nitrogen and oxygen atoms in total. The van der Waals surface area contributed by atoms with E-state index in [1.165, 1.54) is 12.0 Å². The Labute approximate surface area is 132 Å². The molecule has 0 bridgehead atoms. The molecule has 1 fully saturated rings. The molecular formula is C18H29NOS. The molecule has 1 aromatic carbocycles. The molecule has 0 saturated heterocycles. The molecule has 0 spiro atoms. The minimum atomic E-state index is -0.799. The first-order valence-corrected chi connectivity index (χ1v) is 9.64. The standard InChI is InChI=1S/C18H29NOS/c1-4-10-19-17-12-14(2)11-15(3)18(17)21(20)13-16-8-6-5-7-9-16/h5-9,14-15,17-19H,4,10-13H2,1-3H3. The summed E-state index contributed by atoms with van der Waals surface area (Å²) in [7, 11) is -0.799. The summed E-state index contributed by atoms with van der Waals surface area (Å²) in [6, 6.07) is 10.7. The van der Waals surface area contributed by atoms with E-state index < -0.39 is 10.8 Å². The molecule has 0 radical (unpaired) electrons. The van der Waals surface area contributed by atoms with Gasteiger partial charge in [0.15, 0.2) is 0 Å². The van der Waals surface area contributed by atoms with Crippen molar-refractivity contribution in [2.24, 2.45) is 11.8 Å². The van der Waals surface area contributed by atoms with Crippen LogP contribution < -0.4 is 5.32 Å². The second-order valence-corrected chi connectivity index (χ2v) is 8.18. The van der Waals surface area contributed by atoms with Gasteiger partial charge in [0, 0.05) is 22.6 Å². The van der Waals surface area contributed by atoms with Crippen molar-refractivity contribution in [3.05, 3.63) is 35.9 Å². The van der Waals surface area contributed by atoms with Gasteiger partial charge >= 0.3 is 0 Å². The van der Waals surface area contributed by atoms with Crippen LogP contribution in [0.4, 0.5) is 0 Å². The first-order valence-electron chi connectivity index (χ1n) is 8.26. The summed E-state index contributed by atoms with van der Waals surface area (Å²) < 4.78 is 12.9. The Morgan fingerprint density at radius 2 is 1.90 bits per heavy atom. The van der Waals surface area contributed by atoms with E-state index in [4.69, 9.17) is 0 Å². The minimum absolute atomic E-state index is 0.285. The molecule has 1 aliphatic rings. The van der Waals surface area contributed by atoms with Crippen molar-refractivity contribution in [3.63, 3.8) is 0 Å². The Balaban J connectivity index is 2.07. The topological polar surface area (TPSA) is 29.1 Å². The summed E-state index contributed by atoms with van der Waals surface area (Å²) in [5.74, 6) is 1.96. The average Bonchev–Trinajstić information content (AvgIpc) is 2.45. The van der Waals surface area contributed by atoms with E-state index in [9.17, 15) is 4.21 Å². The summed E-state index contributed by atoms with van der Waals surface area (Å²) in [6.07, 6.45) is 3.50. The van der Waals surface area contributed by atoms with E-state index in [2.05, 4.69) is 38.2 Å². The van der Waals surface area contributed by atoms with Crippen LogP contribution in [-0.4, -0.2) is 22.0 Å². The summed E-state index contributed by atoms with van der Waals surface area (Å²) >= 11 is 0. The van der Waals surface area contributed by atoms with Crippen molar-refractivity contribution < 1.29 is 4.21 Å². The van der Waals surface area contributed by atoms with E-state index in [1.54, 1.807) is 0 Å². The third-order valence-electron chi connectivity index (χ3n) is 4.50. The lowest BCUT2D eigenvalue weighted by molar-refractivity contribution is 0.246. The molecule has 1 saturated carbocycles. The molecule has 1 N–H and O–H groups in total. The fourth-order valence-corrected chi connectivity index (χ4v) is 5.55. The number of nitrogens with one attached hydrogen (secondary N) is 1. The largest absolute Gasteiger partial charge is 0.313 e. The molecule has 118 valence electrons. The average molecular weight is 308 g/mol. The summed E-state index contributed by atoms with van der Waals surface area (Å²) in [6.45, 7) is 7.83. The lowest BCUT2D eigenvalue weighted by atomic mass is 9.80. The zero-order valence-corrected chi connectivity index (χ0v) is 14.4. The fourth-order valence-electron chi connectivity index (χ4n) is 3.64. The van der Waals surface area contributed by atoms with Gasteiger partial charge in [0.1, 0.15) is 0 Å². The van der Waals surface area contributed by atoms with Gasteiger partial charge in [-0.15, -0.1) is 0 Å².